The van der Waals surface area contributed by atoms with Crippen LogP contribution in [-0.2, 0) is 0 Å². The van der Waals surface area contributed by atoms with E-state index in [0.717, 1.165) is 49.3 Å². The summed E-state index contributed by atoms with van der Waals surface area (Å²) in [5.41, 5.74) is 0.770. The van der Waals surface area contributed by atoms with E-state index >= 15 is 0 Å². The number of piperidine rings is 1. The van der Waals surface area contributed by atoms with Crippen LogP contribution in [-0.4, -0.2) is 57.8 Å². The molecule has 1 saturated heterocycles. The fourth-order valence-electron chi connectivity index (χ4n) is 2.53. The quantitative estimate of drug-likeness (QED) is 0.780. The molecule has 7 heteroatoms. The summed E-state index contributed by atoms with van der Waals surface area (Å²) in [4.78, 5) is 11.3. The first-order valence-corrected chi connectivity index (χ1v) is 7.16. The van der Waals surface area contributed by atoms with E-state index in [1.807, 2.05) is 6.92 Å². The first kappa shape index (κ1) is 13.1. The van der Waals surface area contributed by atoms with Crippen molar-refractivity contribution in [3.63, 3.8) is 0 Å². The molecular formula is C13H21N7. The summed E-state index contributed by atoms with van der Waals surface area (Å²) in [6, 6.07) is 0.466. The van der Waals surface area contributed by atoms with Crippen LogP contribution in [0.2, 0.25) is 0 Å². The predicted octanol–water partition coefficient (Wildman–Crippen LogP) is 1.29. The average Bonchev–Trinajstić information content (AvgIpc) is 2.90. The van der Waals surface area contributed by atoms with Gasteiger partial charge in [-0.3, -0.25) is 5.10 Å². The van der Waals surface area contributed by atoms with Gasteiger partial charge in [0, 0.05) is 12.6 Å². The topological polar surface area (TPSA) is 81.8 Å². The number of aromatic nitrogens is 4. The van der Waals surface area contributed by atoms with Crippen molar-refractivity contribution in [1.29, 1.82) is 0 Å². The maximum Gasteiger partial charge on any atom is 0.226 e. The van der Waals surface area contributed by atoms with E-state index in [4.69, 9.17) is 0 Å². The number of anilines is 2. The molecule has 2 aromatic rings. The third kappa shape index (κ3) is 2.67. The fourth-order valence-corrected chi connectivity index (χ4v) is 2.53. The van der Waals surface area contributed by atoms with Crippen molar-refractivity contribution in [3.8, 4) is 0 Å². The van der Waals surface area contributed by atoms with Crippen LogP contribution in [0.3, 0.4) is 0 Å². The highest BCUT2D eigenvalue weighted by molar-refractivity contribution is 5.87. The Kier molecular flexibility index (Phi) is 3.68. The lowest BCUT2D eigenvalue weighted by Gasteiger charge is -2.29. The van der Waals surface area contributed by atoms with Gasteiger partial charge in [-0.1, -0.05) is 0 Å². The van der Waals surface area contributed by atoms with Crippen LogP contribution in [0.15, 0.2) is 6.20 Å². The molecule has 1 aliphatic rings. The van der Waals surface area contributed by atoms with Crippen LogP contribution < -0.4 is 10.6 Å². The molecule has 0 bridgehead atoms. The second-order valence-electron chi connectivity index (χ2n) is 5.28. The molecule has 3 rings (SSSR count). The molecule has 3 heterocycles. The summed E-state index contributed by atoms with van der Waals surface area (Å²) in [5, 5.41) is 14.6. The third-order valence-electron chi connectivity index (χ3n) is 3.70. The highest BCUT2D eigenvalue weighted by Crippen LogP contribution is 2.22. The summed E-state index contributed by atoms with van der Waals surface area (Å²) < 4.78 is 0. The van der Waals surface area contributed by atoms with Crippen LogP contribution >= 0.6 is 0 Å². The largest absolute Gasteiger partial charge is 0.366 e. The normalized spacial score (nSPS) is 17.5. The molecule has 2 aromatic heterocycles. The number of aromatic amines is 1. The molecule has 0 saturated carbocycles. The minimum atomic E-state index is 0.466. The Labute approximate surface area is 118 Å². The number of rotatable bonds is 4. The van der Waals surface area contributed by atoms with Crippen LogP contribution in [0, 0.1) is 0 Å². The van der Waals surface area contributed by atoms with Crippen LogP contribution in [0.5, 0.6) is 0 Å². The van der Waals surface area contributed by atoms with Gasteiger partial charge in [0.2, 0.25) is 5.95 Å². The maximum absolute atomic E-state index is 4.57. The Morgan fingerprint density at radius 1 is 1.35 bits per heavy atom. The van der Waals surface area contributed by atoms with Crippen LogP contribution in [0.4, 0.5) is 11.8 Å². The van der Waals surface area contributed by atoms with E-state index in [1.54, 1.807) is 6.20 Å². The second-order valence-corrected chi connectivity index (χ2v) is 5.28. The first-order chi connectivity index (χ1) is 9.76. The Hall–Kier alpha value is -1.89. The predicted molar refractivity (Wildman–Crippen MR) is 80.0 cm³/mol. The molecule has 20 heavy (non-hydrogen) atoms. The Balaban J connectivity index is 1.83. The standard InChI is InChI=1S/C13H21N7/c1-3-14-13-17-11(10-8-15-19-12(10)18-13)16-9-4-6-20(2)7-5-9/h8-9H,3-7H2,1-2H3,(H3,14,15,16,17,18,19). The molecule has 0 unspecified atom stereocenters. The summed E-state index contributed by atoms with van der Waals surface area (Å²) in [6.07, 6.45) is 4.05. The SMILES string of the molecule is CCNc1nc(NC2CCN(C)CC2)c2cn[nH]c2n1. The van der Waals surface area contributed by atoms with Gasteiger partial charge < -0.3 is 15.5 Å². The molecule has 0 spiro atoms. The number of hydrogen-bond acceptors (Lipinski definition) is 6. The van der Waals surface area contributed by atoms with E-state index in [0.29, 0.717) is 12.0 Å². The van der Waals surface area contributed by atoms with E-state index in [2.05, 4.69) is 42.7 Å². The molecule has 0 amide bonds. The summed E-state index contributed by atoms with van der Waals surface area (Å²) in [6.45, 7) is 5.08. The van der Waals surface area contributed by atoms with Crippen molar-refractivity contribution in [3.05, 3.63) is 6.20 Å². The second kappa shape index (κ2) is 5.62. The molecule has 0 radical (unpaired) electrons. The third-order valence-corrected chi connectivity index (χ3v) is 3.70. The first-order valence-electron chi connectivity index (χ1n) is 7.16. The Morgan fingerprint density at radius 2 is 2.15 bits per heavy atom. The number of likely N-dealkylation sites (tertiary alicyclic amines) is 1. The van der Waals surface area contributed by atoms with Crippen LogP contribution in [0.1, 0.15) is 19.8 Å². The van der Waals surface area contributed by atoms with Gasteiger partial charge in [-0.15, -0.1) is 0 Å². The van der Waals surface area contributed by atoms with Crippen LogP contribution in [0.25, 0.3) is 11.0 Å². The van der Waals surface area contributed by atoms with Gasteiger partial charge in [-0.05, 0) is 39.9 Å². The zero-order chi connectivity index (χ0) is 13.9. The minimum Gasteiger partial charge on any atom is -0.366 e. The number of fused-ring (bicyclic) bond motifs is 1. The van der Waals surface area contributed by atoms with Gasteiger partial charge in [0.05, 0.1) is 11.6 Å². The molecule has 0 atom stereocenters. The molecule has 0 aromatic carbocycles. The lowest BCUT2D eigenvalue weighted by molar-refractivity contribution is 0.264. The van der Waals surface area contributed by atoms with Crippen molar-refractivity contribution in [2.45, 2.75) is 25.8 Å². The highest BCUT2D eigenvalue weighted by Gasteiger charge is 2.18. The van der Waals surface area contributed by atoms with Crippen molar-refractivity contribution < 1.29 is 0 Å². The maximum atomic E-state index is 4.57. The number of hydrogen-bond donors (Lipinski definition) is 3. The fraction of sp³-hybridized carbons (Fsp3) is 0.615. The van der Waals surface area contributed by atoms with Gasteiger partial charge in [0.25, 0.3) is 0 Å². The number of H-pyrrole nitrogens is 1. The Bertz CT molecular complexity index is 571. The zero-order valence-corrected chi connectivity index (χ0v) is 12.0. The van der Waals surface area contributed by atoms with Gasteiger partial charge >= 0.3 is 0 Å². The van der Waals surface area contributed by atoms with Gasteiger partial charge in [0.1, 0.15) is 5.82 Å². The van der Waals surface area contributed by atoms with E-state index < -0.39 is 0 Å². The van der Waals surface area contributed by atoms with E-state index in [1.165, 1.54) is 0 Å². The lowest BCUT2D eigenvalue weighted by Crippen LogP contribution is -2.37. The minimum absolute atomic E-state index is 0.466. The van der Waals surface area contributed by atoms with Gasteiger partial charge in [-0.25, -0.2) is 0 Å². The molecule has 1 aliphatic heterocycles. The van der Waals surface area contributed by atoms with Gasteiger partial charge in [0.15, 0.2) is 5.65 Å². The number of nitrogens with one attached hydrogen (secondary N) is 3. The monoisotopic (exact) mass is 275 g/mol. The van der Waals surface area contributed by atoms with E-state index in [-0.39, 0.29) is 0 Å². The summed E-state index contributed by atoms with van der Waals surface area (Å²) >= 11 is 0. The van der Waals surface area contributed by atoms with Crippen molar-refractivity contribution in [2.24, 2.45) is 0 Å². The van der Waals surface area contributed by atoms with Gasteiger partial charge in [-0.2, -0.15) is 15.1 Å². The summed E-state index contributed by atoms with van der Waals surface area (Å²) in [5.74, 6) is 1.51. The zero-order valence-electron chi connectivity index (χ0n) is 12.0. The molecule has 3 N–H and O–H groups in total. The Morgan fingerprint density at radius 3 is 2.90 bits per heavy atom. The molecule has 1 fully saturated rings. The highest BCUT2D eigenvalue weighted by atomic mass is 15.2. The molecule has 7 nitrogen and oxygen atoms in total. The average molecular weight is 275 g/mol. The van der Waals surface area contributed by atoms with Crippen molar-refractivity contribution in [1.82, 2.24) is 25.1 Å². The molecular weight excluding hydrogens is 254 g/mol. The van der Waals surface area contributed by atoms with Crippen molar-refractivity contribution in [2.75, 3.05) is 37.3 Å². The number of nitrogens with zero attached hydrogens (tertiary/aromatic N) is 4. The smallest absolute Gasteiger partial charge is 0.226 e. The van der Waals surface area contributed by atoms with E-state index in [9.17, 15) is 0 Å². The van der Waals surface area contributed by atoms with Crippen molar-refractivity contribution >= 4 is 22.8 Å². The summed E-state index contributed by atoms with van der Waals surface area (Å²) in [7, 11) is 2.17. The molecule has 0 aliphatic carbocycles. The molecule has 108 valence electrons. The lowest BCUT2D eigenvalue weighted by atomic mass is 10.1.